The lowest BCUT2D eigenvalue weighted by Gasteiger charge is -2.27. The second kappa shape index (κ2) is 9.24. The Bertz CT molecular complexity index is 998. The van der Waals surface area contributed by atoms with Crippen molar-refractivity contribution in [2.45, 2.75) is 39.2 Å². The predicted octanol–water partition coefficient (Wildman–Crippen LogP) is 3.62. The SMILES string of the molecule is C/C=C\CN=C1CN=C(N(C)C2CCN(c3ncnc4[nH]ccc34)C2)C=C(CC)C1. The molecule has 30 heavy (non-hydrogen) atoms. The number of aromatic amines is 1. The van der Waals surface area contributed by atoms with Gasteiger partial charge >= 0.3 is 0 Å². The lowest BCUT2D eigenvalue weighted by molar-refractivity contribution is 0.393. The Morgan fingerprint density at radius 2 is 2.27 bits per heavy atom. The Hall–Kier alpha value is -2.96. The van der Waals surface area contributed by atoms with Crippen LogP contribution in [-0.4, -0.2) is 70.7 Å². The lowest BCUT2D eigenvalue weighted by Crippen LogP contribution is -2.38. The van der Waals surface area contributed by atoms with Gasteiger partial charge in [0.25, 0.3) is 0 Å². The van der Waals surface area contributed by atoms with Crippen LogP contribution >= 0.6 is 0 Å². The first-order valence-corrected chi connectivity index (χ1v) is 10.8. The van der Waals surface area contributed by atoms with E-state index in [1.807, 2.05) is 19.2 Å². The average molecular weight is 406 g/mol. The molecule has 0 spiro atoms. The predicted molar refractivity (Wildman–Crippen MR) is 125 cm³/mol. The van der Waals surface area contributed by atoms with E-state index in [9.17, 15) is 0 Å². The number of fused-ring (bicyclic) bond motifs is 1. The van der Waals surface area contributed by atoms with Gasteiger partial charge in [0, 0.05) is 44.5 Å². The number of nitrogens with zero attached hydrogens (tertiary/aromatic N) is 6. The van der Waals surface area contributed by atoms with Gasteiger partial charge in [0.15, 0.2) is 0 Å². The summed E-state index contributed by atoms with van der Waals surface area (Å²) in [7, 11) is 2.17. The van der Waals surface area contributed by atoms with Crippen molar-refractivity contribution >= 4 is 28.4 Å². The zero-order valence-electron chi connectivity index (χ0n) is 18.2. The molecule has 0 saturated carbocycles. The van der Waals surface area contributed by atoms with E-state index < -0.39 is 0 Å². The van der Waals surface area contributed by atoms with Gasteiger partial charge in [-0.1, -0.05) is 24.6 Å². The quantitative estimate of drug-likeness (QED) is 0.771. The maximum atomic E-state index is 4.93. The number of allylic oxidation sites excluding steroid dienone is 2. The van der Waals surface area contributed by atoms with Gasteiger partial charge in [0.1, 0.15) is 23.6 Å². The standard InChI is InChI=1S/C23H31N7/c1-4-6-9-24-18-12-17(5-2)13-21(26-14-18)29(3)19-8-11-30(15-19)23-20-7-10-25-22(20)27-16-28-23/h4,6-7,10,13,16,19H,5,8-9,11-12,14-15H2,1-3H3,(H,25,27,28)/b6-4-,24-18?. The normalized spacial score (nSPS) is 21.4. The third-order valence-electron chi connectivity index (χ3n) is 6.00. The molecule has 1 fully saturated rings. The molecule has 0 aromatic carbocycles. The minimum absolute atomic E-state index is 0.406. The van der Waals surface area contributed by atoms with Crippen molar-refractivity contribution in [3.63, 3.8) is 0 Å². The van der Waals surface area contributed by atoms with Crippen LogP contribution < -0.4 is 4.90 Å². The highest BCUT2D eigenvalue weighted by atomic mass is 15.3. The summed E-state index contributed by atoms with van der Waals surface area (Å²) in [5, 5.41) is 1.09. The van der Waals surface area contributed by atoms with Gasteiger partial charge in [0.05, 0.1) is 18.5 Å². The molecule has 1 saturated heterocycles. The molecule has 4 rings (SSSR count). The van der Waals surface area contributed by atoms with Gasteiger partial charge in [-0.25, -0.2) is 9.97 Å². The highest BCUT2D eigenvalue weighted by Crippen LogP contribution is 2.27. The molecule has 7 heteroatoms. The van der Waals surface area contributed by atoms with Crippen molar-refractivity contribution in [2.24, 2.45) is 9.98 Å². The van der Waals surface area contributed by atoms with Crippen LogP contribution in [0.2, 0.25) is 0 Å². The molecule has 0 radical (unpaired) electrons. The van der Waals surface area contributed by atoms with Crippen molar-refractivity contribution in [1.29, 1.82) is 0 Å². The maximum Gasteiger partial charge on any atom is 0.142 e. The number of anilines is 1. The van der Waals surface area contributed by atoms with Gasteiger partial charge < -0.3 is 14.8 Å². The molecule has 7 nitrogen and oxygen atoms in total. The highest BCUT2D eigenvalue weighted by molar-refractivity contribution is 6.00. The van der Waals surface area contributed by atoms with E-state index >= 15 is 0 Å². The first-order valence-electron chi connectivity index (χ1n) is 10.8. The number of rotatable bonds is 5. The van der Waals surface area contributed by atoms with E-state index in [2.05, 4.69) is 56.9 Å². The second-order valence-electron chi connectivity index (χ2n) is 7.92. The molecule has 2 aromatic rings. The van der Waals surface area contributed by atoms with Crippen LogP contribution in [0.25, 0.3) is 11.0 Å². The molecule has 0 aliphatic carbocycles. The fourth-order valence-corrected chi connectivity index (χ4v) is 4.15. The summed E-state index contributed by atoms with van der Waals surface area (Å²) in [6, 6.07) is 2.46. The maximum absolute atomic E-state index is 4.93. The number of amidine groups is 1. The third-order valence-corrected chi connectivity index (χ3v) is 6.00. The molecule has 2 aliphatic rings. The molecule has 0 amide bonds. The van der Waals surface area contributed by atoms with Gasteiger partial charge in [-0.15, -0.1) is 0 Å². The molecule has 2 aromatic heterocycles. The zero-order valence-corrected chi connectivity index (χ0v) is 18.2. The van der Waals surface area contributed by atoms with Gasteiger partial charge in [0.2, 0.25) is 0 Å². The number of nitrogens with one attached hydrogen (secondary N) is 1. The van der Waals surface area contributed by atoms with Crippen LogP contribution in [0, 0.1) is 0 Å². The minimum atomic E-state index is 0.406. The smallest absolute Gasteiger partial charge is 0.142 e. The third kappa shape index (κ3) is 4.30. The van der Waals surface area contributed by atoms with E-state index in [1.54, 1.807) is 6.33 Å². The van der Waals surface area contributed by atoms with Crippen LogP contribution in [0.5, 0.6) is 0 Å². The molecule has 0 bridgehead atoms. The molecule has 1 atom stereocenters. The number of H-pyrrole nitrogens is 1. The van der Waals surface area contributed by atoms with E-state index in [0.717, 1.165) is 61.6 Å². The molecule has 1 N–H and O–H groups in total. The van der Waals surface area contributed by atoms with Crippen molar-refractivity contribution in [1.82, 2.24) is 19.9 Å². The summed E-state index contributed by atoms with van der Waals surface area (Å²) < 4.78 is 0. The van der Waals surface area contributed by atoms with Crippen molar-refractivity contribution < 1.29 is 0 Å². The summed E-state index contributed by atoms with van der Waals surface area (Å²) in [6.07, 6.45) is 13.0. The van der Waals surface area contributed by atoms with Crippen molar-refractivity contribution in [2.75, 3.05) is 38.1 Å². The van der Waals surface area contributed by atoms with E-state index in [0.29, 0.717) is 12.6 Å². The second-order valence-corrected chi connectivity index (χ2v) is 7.92. The molecule has 2 aliphatic heterocycles. The van der Waals surface area contributed by atoms with Crippen LogP contribution in [0.3, 0.4) is 0 Å². The van der Waals surface area contributed by atoms with Gasteiger partial charge in [-0.3, -0.25) is 9.98 Å². The largest absolute Gasteiger partial charge is 0.355 e. The van der Waals surface area contributed by atoms with E-state index in [-0.39, 0.29) is 0 Å². The Balaban J connectivity index is 1.49. The van der Waals surface area contributed by atoms with Gasteiger partial charge in [-0.2, -0.15) is 0 Å². The first kappa shape index (κ1) is 20.3. The molecular weight excluding hydrogens is 374 g/mol. The molecule has 4 heterocycles. The van der Waals surface area contributed by atoms with E-state index in [1.165, 1.54) is 11.3 Å². The zero-order chi connectivity index (χ0) is 20.9. The molecular formula is C23H31N7. The highest BCUT2D eigenvalue weighted by Gasteiger charge is 2.29. The van der Waals surface area contributed by atoms with Crippen LogP contribution in [0.15, 0.2) is 52.4 Å². The summed E-state index contributed by atoms with van der Waals surface area (Å²) in [6.45, 7) is 7.59. The fraction of sp³-hybridized carbons (Fsp3) is 0.478. The fourth-order valence-electron chi connectivity index (χ4n) is 4.15. The Morgan fingerprint density at radius 1 is 1.37 bits per heavy atom. The number of likely N-dealkylation sites (N-methyl/N-ethyl adjacent to an activating group) is 1. The Morgan fingerprint density at radius 3 is 3.10 bits per heavy atom. The monoisotopic (exact) mass is 405 g/mol. The number of aliphatic imine (C=N–C) groups is 2. The Kier molecular flexibility index (Phi) is 6.26. The summed E-state index contributed by atoms with van der Waals surface area (Å²) in [4.78, 5) is 26.4. The van der Waals surface area contributed by atoms with Crippen LogP contribution in [-0.2, 0) is 0 Å². The summed E-state index contributed by atoms with van der Waals surface area (Å²) in [5.74, 6) is 2.09. The van der Waals surface area contributed by atoms with Crippen molar-refractivity contribution in [3.05, 3.63) is 42.4 Å². The Labute approximate surface area is 178 Å². The number of hydrogen-bond donors (Lipinski definition) is 1. The van der Waals surface area contributed by atoms with Gasteiger partial charge in [-0.05, 0) is 31.9 Å². The number of hydrogen-bond acceptors (Lipinski definition) is 6. The minimum Gasteiger partial charge on any atom is -0.355 e. The number of aromatic nitrogens is 3. The topological polar surface area (TPSA) is 72.8 Å². The van der Waals surface area contributed by atoms with Crippen molar-refractivity contribution in [3.8, 4) is 0 Å². The molecule has 1 unspecified atom stereocenters. The summed E-state index contributed by atoms with van der Waals surface area (Å²) in [5.41, 5.74) is 3.47. The van der Waals surface area contributed by atoms with E-state index in [4.69, 9.17) is 9.98 Å². The van der Waals surface area contributed by atoms with Crippen LogP contribution in [0.1, 0.15) is 33.1 Å². The van der Waals surface area contributed by atoms with Crippen LogP contribution in [0.4, 0.5) is 5.82 Å². The first-order chi connectivity index (χ1) is 14.7. The summed E-state index contributed by atoms with van der Waals surface area (Å²) >= 11 is 0. The lowest BCUT2D eigenvalue weighted by atomic mass is 10.1. The molecule has 158 valence electrons. The average Bonchev–Trinajstić information content (AvgIpc) is 3.40.